The number of carbonyl (C=O) groups excluding carboxylic acids is 1. The van der Waals surface area contributed by atoms with Crippen LogP contribution in [-0.2, 0) is 11.2 Å². The van der Waals surface area contributed by atoms with Crippen LogP contribution in [0.5, 0.6) is 0 Å². The number of pyridine rings is 1. The maximum atomic E-state index is 12.9. The quantitative estimate of drug-likeness (QED) is 0.769. The number of amides is 1. The molecular formula is C20H27FN4O+2. The van der Waals surface area contributed by atoms with Crippen molar-refractivity contribution in [3.05, 3.63) is 60.0 Å². The number of aromatic nitrogens is 1. The van der Waals surface area contributed by atoms with E-state index >= 15 is 0 Å². The Hall–Kier alpha value is -2.47. The van der Waals surface area contributed by atoms with Crippen LogP contribution in [0.1, 0.15) is 12.5 Å². The van der Waals surface area contributed by atoms with Gasteiger partial charge in [0.1, 0.15) is 32.0 Å². The van der Waals surface area contributed by atoms with E-state index in [9.17, 15) is 9.18 Å². The van der Waals surface area contributed by atoms with Crippen molar-refractivity contribution in [1.29, 1.82) is 0 Å². The molecular weight excluding hydrogens is 331 g/mol. The summed E-state index contributed by atoms with van der Waals surface area (Å²) in [5.74, 6) is 0.979. The third kappa shape index (κ3) is 4.79. The van der Waals surface area contributed by atoms with Gasteiger partial charge in [0.15, 0.2) is 6.04 Å². The average molecular weight is 358 g/mol. The average Bonchev–Trinajstić information content (AvgIpc) is 2.69. The molecule has 3 rings (SSSR count). The van der Waals surface area contributed by atoms with E-state index in [1.165, 1.54) is 17.0 Å². The van der Waals surface area contributed by atoms with Gasteiger partial charge in [-0.3, -0.25) is 9.69 Å². The van der Waals surface area contributed by atoms with Crippen molar-refractivity contribution in [2.75, 3.05) is 37.6 Å². The van der Waals surface area contributed by atoms with Crippen molar-refractivity contribution in [3.63, 3.8) is 0 Å². The van der Waals surface area contributed by atoms with E-state index in [-0.39, 0.29) is 17.8 Å². The summed E-state index contributed by atoms with van der Waals surface area (Å²) in [7, 11) is 0. The standard InChI is InChI=1S/C20H25FN4O/c1-16(20(26)23-11-9-17-5-7-18(21)8-6-17)24-12-14-25(15-13-24)19-4-2-3-10-22-19/h2-8,10,16H,9,11-15H2,1H3,(H,23,26)/p+2/t16-/m0/s1. The summed E-state index contributed by atoms with van der Waals surface area (Å²) < 4.78 is 12.9. The van der Waals surface area contributed by atoms with Gasteiger partial charge in [0.05, 0.1) is 6.20 Å². The first-order valence-corrected chi connectivity index (χ1v) is 9.22. The Morgan fingerprint density at radius 1 is 1.23 bits per heavy atom. The highest BCUT2D eigenvalue weighted by atomic mass is 19.1. The van der Waals surface area contributed by atoms with Crippen LogP contribution in [-0.4, -0.2) is 44.7 Å². The smallest absolute Gasteiger partial charge is 0.278 e. The molecule has 0 unspecified atom stereocenters. The summed E-state index contributed by atoms with van der Waals surface area (Å²) in [6, 6.07) is 12.4. The lowest BCUT2D eigenvalue weighted by Crippen LogP contribution is -3.19. The minimum atomic E-state index is -0.234. The summed E-state index contributed by atoms with van der Waals surface area (Å²) in [6.07, 6.45) is 2.65. The van der Waals surface area contributed by atoms with Crippen molar-refractivity contribution >= 4 is 11.7 Å². The lowest BCUT2D eigenvalue weighted by Gasteiger charge is -2.31. The molecule has 1 aliphatic heterocycles. The molecule has 3 N–H and O–H groups in total. The number of anilines is 1. The van der Waals surface area contributed by atoms with Gasteiger partial charge in [-0.05, 0) is 37.1 Å². The summed E-state index contributed by atoms with van der Waals surface area (Å²) >= 11 is 0. The number of rotatable bonds is 6. The van der Waals surface area contributed by atoms with Crippen molar-refractivity contribution in [1.82, 2.24) is 5.32 Å². The molecule has 0 radical (unpaired) electrons. The number of halogens is 1. The number of carbonyl (C=O) groups is 1. The molecule has 26 heavy (non-hydrogen) atoms. The van der Waals surface area contributed by atoms with Gasteiger partial charge in [0, 0.05) is 12.6 Å². The van der Waals surface area contributed by atoms with Crippen LogP contribution in [0.15, 0.2) is 48.7 Å². The minimum Gasteiger partial charge on any atom is -0.351 e. The Morgan fingerprint density at radius 2 is 1.96 bits per heavy atom. The maximum absolute atomic E-state index is 12.9. The van der Waals surface area contributed by atoms with Crippen LogP contribution in [0, 0.1) is 5.82 Å². The van der Waals surface area contributed by atoms with Gasteiger partial charge >= 0.3 is 0 Å². The lowest BCUT2D eigenvalue weighted by molar-refractivity contribution is -0.914. The number of hydrogen-bond acceptors (Lipinski definition) is 2. The van der Waals surface area contributed by atoms with E-state index in [0.717, 1.165) is 37.6 Å². The first-order valence-electron chi connectivity index (χ1n) is 9.22. The van der Waals surface area contributed by atoms with Crippen molar-refractivity contribution in [3.8, 4) is 0 Å². The van der Waals surface area contributed by atoms with Gasteiger partial charge in [0.2, 0.25) is 0 Å². The van der Waals surface area contributed by atoms with Crippen LogP contribution in [0.25, 0.3) is 0 Å². The number of nitrogens with one attached hydrogen (secondary N) is 3. The molecule has 0 aliphatic carbocycles. The molecule has 1 aromatic carbocycles. The van der Waals surface area contributed by atoms with Gasteiger partial charge in [-0.1, -0.05) is 18.2 Å². The summed E-state index contributed by atoms with van der Waals surface area (Å²) in [6.45, 7) is 6.32. The van der Waals surface area contributed by atoms with Gasteiger partial charge in [-0.25, -0.2) is 9.37 Å². The highest BCUT2D eigenvalue weighted by Crippen LogP contribution is 2.05. The zero-order valence-corrected chi connectivity index (χ0v) is 15.2. The Labute approximate surface area is 153 Å². The predicted octanol–water partition coefficient (Wildman–Crippen LogP) is 0.0921. The van der Waals surface area contributed by atoms with Gasteiger partial charge in [-0.2, -0.15) is 0 Å². The van der Waals surface area contributed by atoms with Crippen LogP contribution in [0.4, 0.5) is 10.2 Å². The zero-order valence-electron chi connectivity index (χ0n) is 15.2. The molecule has 2 heterocycles. The fourth-order valence-corrected chi connectivity index (χ4v) is 3.37. The zero-order chi connectivity index (χ0) is 18.4. The van der Waals surface area contributed by atoms with E-state index in [0.29, 0.717) is 13.0 Å². The number of benzene rings is 1. The lowest BCUT2D eigenvalue weighted by atomic mass is 10.1. The molecule has 1 amide bonds. The van der Waals surface area contributed by atoms with Crippen molar-refractivity contribution in [2.45, 2.75) is 19.4 Å². The molecule has 1 aromatic heterocycles. The summed E-state index contributed by atoms with van der Waals surface area (Å²) in [4.78, 5) is 19.3. The molecule has 1 atom stereocenters. The topological polar surface area (TPSA) is 50.9 Å². The molecule has 0 bridgehead atoms. The second-order valence-corrected chi connectivity index (χ2v) is 6.78. The normalized spacial score (nSPS) is 16.3. The minimum absolute atomic E-state index is 0.0647. The van der Waals surface area contributed by atoms with E-state index < -0.39 is 0 Å². The van der Waals surface area contributed by atoms with E-state index in [1.807, 2.05) is 25.3 Å². The van der Waals surface area contributed by atoms with Crippen LogP contribution < -0.4 is 20.1 Å². The molecule has 138 valence electrons. The summed E-state index contributed by atoms with van der Waals surface area (Å²) in [5.41, 5.74) is 1.03. The van der Waals surface area contributed by atoms with E-state index in [1.54, 1.807) is 12.1 Å². The van der Waals surface area contributed by atoms with Crippen molar-refractivity contribution in [2.24, 2.45) is 0 Å². The van der Waals surface area contributed by atoms with Gasteiger partial charge in [0.25, 0.3) is 11.7 Å². The molecule has 5 nitrogen and oxygen atoms in total. The van der Waals surface area contributed by atoms with Gasteiger partial charge in [-0.15, -0.1) is 0 Å². The van der Waals surface area contributed by atoms with E-state index in [4.69, 9.17) is 0 Å². The first kappa shape index (κ1) is 18.3. The predicted molar refractivity (Wildman–Crippen MR) is 98.5 cm³/mol. The third-order valence-corrected chi connectivity index (χ3v) is 5.07. The van der Waals surface area contributed by atoms with Crippen molar-refractivity contribution < 1.29 is 19.1 Å². The Bertz CT molecular complexity index is 700. The number of quaternary nitrogens is 1. The molecule has 1 aliphatic rings. The largest absolute Gasteiger partial charge is 0.351 e. The van der Waals surface area contributed by atoms with E-state index in [2.05, 4.69) is 21.3 Å². The summed E-state index contributed by atoms with van der Waals surface area (Å²) in [5, 5.41) is 3.01. The number of piperazine rings is 1. The number of hydrogen-bond donors (Lipinski definition) is 2. The van der Waals surface area contributed by atoms with Crippen LogP contribution in [0.2, 0.25) is 0 Å². The molecule has 6 heteroatoms. The van der Waals surface area contributed by atoms with Crippen LogP contribution in [0.3, 0.4) is 0 Å². The second-order valence-electron chi connectivity index (χ2n) is 6.78. The number of H-pyrrole nitrogens is 1. The Morgan fingerprint density at radius 3 is 2.62 bits per heavy atom. The molecule has 1 saturated heterocycles. The highest BCUT2D eigenvalue weighted by Gasteiger charge is 2.32. The Kier molecular flexibility index (Phi) is 6.17. The monoisotopic (exact) mass is 358 g/mol. The van der Waals surface area contributed by atoms with Crippen LogP contribution >= 0.6 is 0 Å². The second kappa shape index (κ2) is 8.76. The number of nitrogens with zero attached hydrogens (tertiary/aromatic N) is 1. The van der Waals surface area contributed by atoms with Gasteiger partial charge < -0.3 is 10.2 Å². The highest BCUT2D eigenvalue weighted by molar-refractivity contribution is 5.79. The Balaban J connectivity index is 1.42. The maximum Gasteiger partial charge on any atom is 0.278 e. The third-order valence-electron chi connectivity index (χ3n) is 5.07. The number of aromatic amines is 1. The molecule has 2 aromatic rings. The molecule has 0 saturated carbocycles. The fourth-order valence-electron chi connectivity index (χ4n) is 3.37. The molecule has 0 spiro atoms. The first-order chi connectivity index (χ1) is 12.6. The molecule has 1 fully saturated rings. The SMILES string of the molecule is C[C@@H](C(=O)NCCc1ccc(F)cc1)[NH+]1CCN(c2cccc[nH+]2)CC1. The fraction of sp³-hybridized carbons (Fsp3) is 0.400.